The fourth-order valence-electron chi connectivity index (χ4n) is 3.13. The number of hydrogen-bond donors (Lipinski definition) is 1. The predicted molar refractivity (Wildman–Crippen MR) is 114 cm³/mol. The minimum Gasteiger partial charge on any atom is -0.466 e. The molecule has 1 aliphatic heterocycles. The average molecular weight is 452 g/mol. The summed E-state index contributed by atoms with van der Waals surface area (Å²) in [7, 11) is -3.55. The van der Waals surface area contributed by atoms with Gasteiger partial charge in [0.15, 0.2) is 5.13 Å². The minimum atomic E-state index is -3.55. The van der Waals surface area contributed by atoms with E-state index in [4.69, 9.17) is 4.74 Å². The molecule has 162 valence electrons. The summed E-state index contributed by atoms with van der Waals surface area (Å²) < 4.78 is 31.9. The number of anilines is 1. The van der Waals surface area contributed by atoms with Gasteiger partial charge in [-0.1, -0.05) is 6.92 Å². The van der Waals surface area contributed by atoms with Gasteiger partial charge in [-0.2, -0.15) is 4.31 Å². The van der Waals surface area contributed by atoms with E-state index < -0.39 is 15.9 Å². The first kappa shape index (κ1) is 22.4. The Morgan fingerprint density at radius 2 is 1.90 bits per heavy atom. The molecule has 3 rings (SSSR count). The molecule has 1 saturated heterocycles. The van der Waals surface area contributed by atoms with Crippen molar-refractivity contribution in [3.8, 4) is 0 Å². The highest BCUT2D eigenvalue weighted by atomic mass is 32.2. The Bertz CT molecular complexity index is 994. The molecule has 2 heterocycles. The minimum absolute atomic E-state index is 0.0437. The van der Waals surface area contributed by atoms with Crippen molar-refractivity contribution in [2.24, 2.45) is 5.92 Å². The molecule has 0 spiro atoms. The summed E-state index contributed by atoms with van der Waals surface area (Å²) in [6.07, 6.45) is 1.75. The van der Waals surface area contributed by atoms with Gasteiger partial charge < -0.3 is 4.74 Å². The molecule has 1 N–H and O–H groups in total. The number of carbonyl (C=O) groups excluding carboxylic acids is 2. The number of ether oxygens (including phenoxy) is 1. The van der Waals surface area contributed by atoms with E-state index in [1.54, 1.807) is 12.3 Å². The Labute approximate surface area is 180 Å². The van der Waals surface area contributed by atoms with Crippen molar-refractivity contribution in [1.29, 1.82) is 0 Å². The number of rotatable bonds is 7. The Balaban J connectivity index is 1.63. The molecule has 0 radical (unpaired) electrons. The van der Waals surface area contributed by atoms with Crippen LogP contribution < -0.4 is 5.32 Å². The van der Waals surface area contributed by atoms with E-state index in [0.29, 0.717) is 42.0 Å². The highest BCUT2D eigenvalue weighted by Gasteiger charge is 2.28. The maximum atomic E-state index is 12.8. The second-order valence-corrected chi connectivity index (χ2v) is 9.99. The number of nitrogens with one attached hydrogen (secondary N) is 1. The Kier molecular flexibility index (Phi) is 7.22. The second kappa shape index (κ2) is 9.67. The zero-order chi connectivity index (χ0) is 21.7. The van der Waals surface area contributed by atoms with Gasteiger partial charge in [0.25, 0.3) is 5.91 Å². The molecule has 10 heteroatoms. The number of aromatic nitrogens is 1. The SMILES string of the molecule is CCOC(=O)Cc1csc(NC(=O)c2ccc(S(=O)(=O)N3CCC(C)CC3)cc2)n1. The fourth-order valence-corrected chi connectivity index (χ4v) is 5.30. The van der Waals surface area contributed by atoms with Crippen molar-refractivity contribution in [3.63, 3.8) is 0 Å². The number of nitrogens with zero attached hydrogens (tertiary/aromatic N) is 2. The topological polar surface area (TPSA) is 106 Å². The van der Waals surface area contributed by atoms with Crippen molar-refractivity contribution < 1.29 is 22.7 Å². The van der Waals surface area contributed by atoms with E-state index in [9.17, 15) is 18.0 Å². The van der Waals surface area contributed by atoms with Gasteiger partial charge in [0.1, 0.15) is 0 Å². The molecule has 30 heavy (non-hydrogen) atoms. The molecule has 0 bridgehead atoms. The molecule has 8 nitrogen and oxygen atoms in total. The summed E-state index contributed by atoms with van der Waals surface area (Å²) >= 11 is 1.21. The van der Waals surface area contributed by atoms with Gasteiger partial charge in [0.05, 0.1) is 23.6 Å². The van der Waals surface area contributed by atoms with Crippen molar-refractivity contribution in [2.45, 2.75) is 38.0 Å². The molecule has 1 amide bonds. The normalized spacial score (nSPS) is 15.7. The number of sulfonamides is 1. The number of thiazole rings is 1. The van der Waals surface area contributed by atoms with Gasteiger partial charge in [0, 0.05) is 24.0 Å². The van der Waals surface area contributed by atoms with Crippen LogP contribution in [-0.4, -0.2) is 49.3 Å². The summed E-state index contributed by atoms with van der Waals surface area (Å²) in [5, 5.41) is 4.71. The average Bonchev–Trinajstić information content (AvgIpc) is 3.15. The molecule has 1 fully saturated rings. The summed E-state index contributed by atoms with van der Waals surface area (Å²) in [5.74, 6) is -0.241. The largest absolute Gasteiger partial charge is 0.466 e. The van der Waals surface area contributed by atoms with Crippen LogP contribution in [0.4, 0.5) is 5.13 Å². The molecule has 0 unspecified atom stereocenters. The van der Waals surface area contributed by atoms with E-state index in [2.05, 4.69) is 17.2 Å². The van der Waals surface area contributed by atoms with Crippen LogP contribution in [0.1, 0.15) is 42.7 Å². The maximum Gasteiger partial charge on any atom is 0.311 e. The molecule has 0 atom stereocenters. The van der Waals surface area contributed by atoms with Crippen molar-refractivity contribution in [2.75, 3.05) is 25.0 Å². The van der Waals surface area contributed by atoms with Crippen molar-refractivity contribution in [3.05, 3.63) is 40.9 Å². The van der Waals surface area contributed by atoms with Crippen molar-refractivity contribution >= 4 is 38.4 Å². The van der Waals surface area contributed by atoms with Gasteiger partial charge in [-0.25, -0.2) is 13.4 Å². The molecule has 1 aromatic carbocycles. The molecule has 0 saturated carbocycles. The first-order valence-corrected chi connectivity index (χ1v) is 12.1. The van der Waals surface area contributed by atoms with Gasteiger partial charge in [-0.15, -0.1) is 11.3 Å². The van der Waals surface area contributed by atoms with E-state index in [1.807, 2.05) is 0 Å². The lowest BCUT2D eigenvalue weighted by atomic mass is 10.0. The molecule has 0 aliphatic carbocycles. The molecular formula is C20H25N3O5S2. The summed E-state index contributed by atoms with van der Waals surface area (Å²) in [4.78, 5) is 28.3. The van der Waals surface area contributed by atoms with Gasteiger partial charge in [-0.05, 0) is 49.9 Å². The smallest absolute Gasteiger partial charge is 0.311 e. The fraction of sp³-hybridized carbons (Fsp3) is 0.450. The first-order chi connectivity index (χ1) is 14.3. The van der Waals surface area contributed by atoms with Crippen LogP contribution >= 0.6 is 11.3 Å². The van der Waals surface area contributed by atoms with Gasteiger partial charge in [-0.3, -0.25) is 14.9 Å². The number of esters is 1. The summed E-state index contributed by atoms with van der Waals surface area (Å²) in [6.45, 7) is 5.19. The third kappa shape index (κ3) is 5.44. The van der Waals surface area contributed by atoms with E-state index in [0.717, 1.165) is 12.8 Å². The van der Waals surface area contributed by atoms with Crippen LogP contribution in [0.2, 0.25) is 0 Å². The van der Waals surface area contributed by atoms with Crippen LogP contribution in [0.5, 0.6) is 0 Å². The lowest BCUT2D eigenvalue weighted by Crippen LogP contribution is -2.37. The quantitative estimate of drug-likeness (QED) is 0.649. The third-order valence-electron chi connectivity index (χ3n) is 4.90. The van der Waals surface area contributed by atoms with E-state index in [-0.39, 0.29) is 17.3 Å². The van der Waals surface area contributed by atoms with E-state index in [1.165, 1.54) is 39.9 Å². The Morgan fingerprint density at radius 1 is 1.23 bits per heavy atom. The highest BCUT2D eigenvalue weighted by molar-refractivity contribution is 7.89. The van der Waals surface area contributed by atoms with Crippen LogP contribution in [0, 0.1) is 5.92 Å². The van der Waals surface area contributed by atoms with Crippen LogP contribution in [-0.2, 0) is 26.0 Å². The Morgan fingerprint density at radius 3 is 2.53 bits per heavy atom. The summed E-state index contributed by atoms with van der Waals surface area (Å²) in [5.41, 5.74) is 0.842. The standard InChI is InChI=1S/C20H25N3O5S2/c1-3-28-18(24)12-16-13-29-20(21-16)22-19(25)15-4-6-17(7-5-15)30(26,27)23-10-8-14(2)9-11-23/h4-7,13-14H,3,8-12H2,1-2H3,(H,21,22,25). The monoisotopic (exact) mass is 451 g/mol. The van der Waals surface area contributed by atoms with E-state index >= 15 is 0 Å². The Hall–Kier alpha value is -2.30. The van der Waals surface area contributed by atoms with Gasteiger partial charge in [0.2, 0.25) is 10.0 Å². The number of amides is 1. The van der Waals surface area contributed by atoms with Crippen LogP contribution in [0.15, 0.2) is 34.5 Å². The number of piperidine rings is 1. The van der Waals surface area contributed by atoms with Crippen LogP contribution in [0.25, 0.3) is 0 Å². The molecule has 1 aliphatic rings. The predicted octanol–water partition coefficient (Wildman–Crippen LogP) is 2.92. The molecular weight excluding hydrogens is 426 g/mol. The third-order valence-corrected chi connectivity index (χ3v) is 7.62. The van der Waals surface area contributed by atoms with Crippen molar-refractivity contribution in [1.82, 2.24) is 9.29 Å². The zero-order valence-corrected chi connectivity index (χ0v) is 18.6. The lowest BCUT2D eigenvalue weighted by Gasteiger charge is -2.29. The summed E-state index contributed by atoms with van der Waals surface area (Å²) in [6, 6.07) is 5.89. The number of carbonyl (C=O) groups is 2. The second-order valence-electron chi connectivity index (χ2n) is 7.19. The number of hydrogen-bond acceptors (Lipinski definition) is 7. The van der Waals surface area contributed by atoms with Gasteiger partial charge >= 0.3 is 5.97 Å². The molecule has 1 aromatic heterocycles. The zero-order valence-electron chi connectivity index (χ0n) is 17.0. The van der Waals surface area contributed by atoms with Crippen LogP contribution in [0.3, 0.4) is 0 Å². The molecule has 2 aromatic rings. The number of benzene rings is 1. The first-order valence-electron chi connectivity index (χ1n) is 9.81. The lowest BCUT2D eigenvalue weighted by molar-refractivity contribution is -0.142. The maximum absolute atomic E-state index is 12.8. The highest BCUT2D eigenvalue weighted by Crippen LogP contribution is 2.24.